The molecule has 1 saturated heterocycles. The van der Waals surface area contributed by atoms with Crippen molar-refractivity contribution < 1.29 is 23.9 Å². The number of esters is 1. The Morgan fingerprint density at radius 2 is 1.59 bits per heavy atom. The van der Waals surface area contributed by atoms with Crippen LogP contribution in [0.5, 0.6) is 5.75 Å². The van der Waals surface area contributed by atoms with Crippen molar-refractivity contribution >= 4 is 50.8 Å². The van der Waals surface area contributed by atoms with Crippen molar-refractivity contribution in [1.29, 1.82) is 0 Å². The number of ether oxygens (including phenoxy) is 2. The quantitative estimate of drug-likeness (QED) is 0.517. The van der Waals surface area contributed by atoms with Crippen LogP contribution in [0, 0.1) is 5.92 Å². The van der Waals surface area contributed by atoms with Crippen LogP contribution in [0.25, 0.3) is 0 Å². The summed E-state index contributed by atoms with van der Waals surface area (Å²) in [5.74, 6) is -2.12. The summed E-state index contributed by atoms with van der Waals surface area (Å²) < 4.78 is 10.8. The molecule has 0 radical (unpaired) electrons. The predicted molar refractivity (Wildman–Crippen MR) is 109 cm³/mol. The Hall–Kier alpha value is -3.20. The fraction of sp³-hybridized carbons (Fsp3) is 0.200. The molecule has 2 atom stereocenters. The highest BCUT2D eigenvalue weighted by Crippen LogP contribution is 2.38. The second kappa shape index (κ2) is 7.32. The molecule has 0 unspecified atom stereocenters. The van der Waals surface area contributed by atoms with Gasteiger partial charge in [0.15, 0.2) is 5.71 Å². The molecule has 0 N–H and O–H groups in total. The zero-order valence-electron chi connectivity index (χ0n) is 15.5. The minimum absolute atomic E-state index is 0.0914. The molecule has 4 rings (SSSR count). The molecule has 1 fully saturated rings. The molecule has 8 nitrogen and oxygen atoms in total. The number of amides is 2. The van der Waals surface area contributed by atoms with Crippen molar-refractivity contribution in [2.45, 2.75) is 6.04 Å². The summed E-state index contributed by atoms with van der Waals surface area (Å²) in [6.07, 6.45) is 0. The smallest absolute Gasteiger partial charge is 0.355 e. The fourth-order valence-corrected chi connectivity index (χ4v) is 3.74. The zero-order chi connectivity index (χ0) is 20.7. The Morgan fingerprint density at radius 3 is 2.17 bits per heavy atom. The van der Waals surface area contributed by atoms with E-state index in [4.69, 9.17) is 9.47 Å². The van der Waals surface area contributed by atoms with Gasteiger partial charge in [-0.1, -0.05) is 15.9 Å². The number of fused-ring (bicyclic) bond motifs is 1. The minimum atomic E-state index is -1.04. The monoisotopic (exact) mass is 457 g/mol. The lowest BCUT2D eigenvalue weighted by Crippen LogP contribution is -2.39. The molecule has 2 heterocycles. The van der Waals surface area contributed by atoms with E-state index in [1.807, 2.05) is 0 Å². The van der Waals surface area contributed by atoms with Crippen LogP contribution in [0.1, 0.15) is 0 Å². The van der Waals surface area contributed by atoms with Crippen molar-refractivity contribution in [3.63, 3.8) is 0 Å². The lowest BCUT2D eigenvalue weighted by Gasteiger charge is -2.22. The molecule has 0 saturated carbocycles. The summed E-state index contributed by atoms with van der Waals surface area (Å²) in [4.78, 5) is 39.8. The number of halogens is 1. The number of imide groups is 1. The maximum absolute atomic E-state index is 13.2. The van der Waals surface area contributed by atoms with E-state index in [1.54, 1.807) is 55.6 Å². The largest absolute Gasteiger partial charge is 0.497 e. The van der Waals surface area contributed by atoms with Gasteiger partial charge in [0.25, 0.3) is 5.91 Å². The van der Waals surface area contributed by atoms with E-state index < -0.39 is 29.7 Å². The maximum Gasteiger partial charge on any atom is 0.355 e. The van der Waals surface area contributed by atoms with E-state index in [0.717, 1.165) is 9.37 Å². The first-order valence-corrected chi connectivity index (χ1v) is 9.49. The number of hydrogen-bond acceptors (Lipinski definition) is 7. The number of carbonyl (C=O) groups is 3. The number of hydrazone groups is 1. The summed E-state index contributed by atoms with van der Waals surface area (Å²) >= 11 is 3.34. The normalized spacial score (nSPS) is 20.6. The molecule has 2 amide bonds. The van der Waals surface area contributed by atoms with Crippen LogP contribution in [0.4, 0.5) is 11.4 Å². The van der Waals surface area contributed by atoms with Crippen molar-refractivity contribution in [3.8, 4) is 5.75 Å². The Labute approximate surface area is 174 Å². The molecule has 0 bridgehead atoms. The van der Waals surface area contributed by atoms with Crippen molar-refractivity contribution in [1.82, 2.24) is 0 Å². The van der Waals surface area contributed by atoms with Crippen LogP contribution in [0.15, 0.2) is 58.1 Å². The molecule has 2 aromatic rings. The zero-order valence-corrected chi connectivity index (χ0v) is 17.1. The van der Waals surface area contributed by atoms with Gasteiger partial charge in [-0.15, -0.1) is 0 Å². The van der Waals surface area contributed by atoms with Crippen LogP contribution in [0.2, 0.25) is 0 Å². The molecule has 2 aliphatic rings. The first-order chi connectivity index (χ1) is 14.0. The number of rotatable bonds is 4. The van der Waals surface area contributed by atoms with Gasteiger partial charge in [-0.3, -0.25) is 14.6 Å². The maximum atomic E-state index is 13.2. The van der Waals surface area contributed by atoms with E-state index in [2.05, 4.69) is 21.0 Å². The Morgan fingerprint density at radius 1 is 0.966 bits per heavy atom. The van der Waals surface area contributed by atoms with Crippen molar-refractivity contribution in [3.05, 3.63) is 53.0 Å². The highest BCUT2D eigenvalue weighted by Gasteiger charge is 2.59. The number of benzene rings is 2. The molecule has 0 aromatic heterocycles. The third kappa shape index (κ3) is 3.07. The minimum Gasteiger partial charge on any atom is -0.497 e. The molecule has 0 spiro atoms. The van der Waals surface area contributed by atoms with E-state index >= 15 is 0 Å². The highest BCUT2D eigenvalue weighted by molar-refractivity contribution is 9.10. The molecular formula is C20H16BrN3O5. The van der Waals surface area contributed by atoms with Crippen LogP contribution in [0.3, 0.4) is 0 Å². The second-order valence-electron chi connectivity index (χ2n) is 6.43. The van der Waals surface area contributed by atoms with Gasteiger partial charge in [0.1, 0.15) is 17.7 Å². The molecule has 9 heteroatoms. The summed E-state index contributed by atoms with van der Waals surface area (Å²) in [6, 6.07) is 12.7. The SMILES string of the molecule is COC(=O)C1=NN(c2ccc(OC)cc2)[C@@H]2C(=O)N(c3ccc(Br)cc3)C(=O)[C@@H]12. The van der Waals surface area contributed by atoms with Crippen molar-refractivity contribution in [2.24, 2.45) is 11.0 Å². The van der Waals surface area contributed by atoms with Gasteiger partial charge in [0, 0.05) is 4.47 Å². The Bertz CT molecular complexity index is 1020. The molecule has 2 aliphatic heterocycles. The molecule has 29 heavy (non-hydrogen) atoms. The van der Waals surface area contributed by atoms with Crippen LogP contribution >= 0.6 is 15.9 Å². The van der Waals surface area contributed by atoms with Gasteiger partial charge in [0.05, 0.1) is 25.6 Å². The number of carbonyl (C=O) groups excluding carboxylic acids is 3. The lowest BCUT2D eigenvalue weighted by atomic mass is 9.98. The van der Waals surface area contributed by atoms with Gasteiger partial charge in [-0.05, 0) is 48.5 Å². The van der Waals surface area contributed by atoms with Crippen LogP contribution < -0.4 is 14.6 Å². The number of anilines is 2. The predicted octanol–water partition coefficient (Wildman–Crippen LogP) is 2.36. The van der Waals surface area contributed by atoms with Crippen LogP contribution in [-0.2, 0) is 19.1 Å². The summed E-state index contributed by atoms with van der Waals surface area (Å²) in [5.41, 5.74) is 0.890. The van der Waals surface area contributed by atoms with Gasteiger partial charge >= 0.3 is 5.97 Å². The third-order valence-corrected chi connectivity index (χ3v) is 5.39. The highest BCUT2D eigenvalue weighted by atomic mass is 79.9. The van der Waals surface area contributed by atoms with E-state index in [0.29, 0.717) is 17.1 Å². The van der Waals surface area contributed by atoms with E-state index in [1.165, 1.54) is 12.1 Å². The van der Waals surface area contributed by atoms with Crippen molar-refractivity contribution in [2.75, 3.05) is 24.1 Å². The summed E-state index contributed by atoms with van der Waals surface area (Å²) in [5, 5.41) is 5.67. The molecule has 0 aliphatic carbocycles. The number of methoxy groups -OCH3 is 2. The van der Waals surface area contributed by atoms with E-state index in [9.17, 15) is 14.4 Å². The molecule has 148 valence electrons. The van der Waals surface area contributed by atoms with E-state index in [-0.39, 0.29) is 5.71 Å². The summed E-state index contributed by atoms with van der Waals surface area (Å²) in [7, 11) is 2.76. The van der Waals surface area contributed by atoms with Gasteiger partial charge in [0.2, 0.25) is 5.91 Å². The summed E-state index contributed by atoms with van der Waals surface area (Å²) in [6.45, 7) is 0. The molecular weight excluding hydrogens is 442 g/mol. The average Bonchev–Trinajstić information content (AvgIpc) is 3.25. The first kappa shape index (κ1) is 19.1. The standard InChI is InChI=1S/C20H16BrN3O5/c1-28-14-9-7-13(8-10-14)24-17-15(16(22-24)20(27)29-2)18(25)23(19(17)26)12-5-3-11(21)4-6-12/h3-10,15,17H,1-2H3/t15-,17-/m0/s1. The number of nitrogens with zero attached hydrogens (tertiary/aromatic N) is 3. The second-order valence-corrected chi connectivity index (χ2v) is 7.35. The number of hydrogen-bond donors (Lipinski definition) is 0. The lowest BCUT2D eigenvalue weighted by molar-refractivity contribution is -0.133. The average molecular weight is 458 g/mol. The Kier molecular flexibility index (Phi) is 4.83. The molecule has 2 aromatic carbocycles. The topological polar surface area (TPSA) is 88.5 Å². The van der Waals surface area contributed by atoms with Gasteiger partial charge in [-0.2, -0.15) is 5.10 Å². The fourth-order valence-electron chi connectivity index (χ4n) is 3.48. The third-order valence-electron chi connectivity index (χ3n) is 4.87. The Balaban J connectivity index is 1.77. The first-order valence-electron chi connectivity index (χ1n) is 8.69. The van der Waals surface area contributed by atoms with Gasteiger partial charge in [-0.25, -0.2) is 9.69 Å². The van der Waals surface area contributed by atoms with Gasteiger partial charge < -0.3 is 9.47 Å². The van der Waals surface area contributed by atoms with Crippen LogP contribution in [-0.4, -0.2) is 43.8 Å².